The number of carbonyl (C=O) groups excluding carboxylic acids is 1. The van der Waals surface area contributed by atoms with E-state index in [1.807, 2.05) is 0 Å². The van der Waals surface area contributed by atoms with Crippen LogP contribution >= 0.6 is 0 Å². The Morgan fingerprint density at radius 2 is 1.88 bits per heavy atom. The van der Waals surface area contributed by atoms with E-state index in [2.05, 4.69) is 20.4 Å². The maximum atomic E-state index is 12.3. The lowest BCUT2D eigenvalue weighted by molar-refractivity contribution is -0.117. The maximum Gasteiger partial charge on any atom is 0.232 e. The highest BCUT2D eigenvalue weighted by Gasteiger charge is 2.17. The second-order valence-electron chi connectivity index (χ2n) is 5.32. The van der Waals surface area contributed by atoms with Gasteiger partial charge in [0.05, 0.1) is 23.2 Å². The number of nitrogens with one attached hydrogen (secondary N) is 1. The van der Waals surface area contributed by atoms with Crippen molar-refractivity contribution in [2.75, 3.05) is 11.6 Å². The van der Waals surface area contributed by atoms with Crippen LogP contribution in [0.3, 0.4) is 0 Å². The summed E-state index contributed by atoms with van der Waals surface area (Å²) in [4.78, 5) is 20.4. The zero-order valence-electron chi connectivity index (χ0n) is 13.5. The summed E-state index contributed by atoms with van der Waals surface area (Å²) in [6, 6.07) is 6.10. The number of amides is 1. The van der Waals surface area contributed by atoms with Gasteiger partial charge in [0.25, 0.3) is 0 Å². The Kier molecular flexibility index (Phi) is 5.32. The minimum Gasteiger partial charge on any atom is -0.409 e. The number of benzene rings is 1. The van der Waals surface area contributed by atoms with Crippen LogP contribution in [0.5, 0.6) is 0 Å². The highest BCUT2D eigenvalue weighted by atomic mass is 32.2. The van der Waals surface area contributed by atoms with Crippen LogP contribution in [0.25, 0.3) is 0 Å². The van der Waals surface area contributed by atoms with E-state index in [0.717, 1.165) is 6.26 Å². The molecule has 0 bridgehead atoms. The fourth-order valence-corrected chi connectivity index (χ4v) is 2.60. The smallest absolute Gasteiger partial charge is 0.232 e. The molecule has 0 saturated heterocycles. The van der Waals surface area contributed by atoms with Crippen molar-refractivity contribution in [2.24, 2.45) is 10.9 Å². The predicted molar refractivity (Wildman–Crippen MR) is 91.1 cm³/mol. The van der Waals surface area contributed by atoms with Gasteiger partial charge in [-0.15, -0.1) is 0 Å². The molecule has 1 amide bonds. The average Bonchev–Trinajstić information content (AvgIpc) is 2.60. The van der Waals surface area contributed by atoms with Gasteiger partial charge in [-0.25, -0.2) is 18.4 Å². The highest BCUT2D eigenvalue weighted by Crippen LogP contribution is 2.19. The zero-order chi connectivity index (χ0) is 18.6. The Bertz CT molecular complexity index is 893. The summed E-state index contributed by atoms with van der Waals surface area (Å²) < 4.78 is 22.9. The van der Waals surface area contributed by atoms with E-state index in [0.29, 0.717) is 5.56 Å². The number of amidine groups is 1. The quantitative estimate of drug-likeness (QED) is 0.307. The minimum absolute atomic E-state index is 0.171. The lowest BCUT2D eigenvalue weighted by Crippen LogP contribution is -2.20. The third-order valence-corrected chi connectivity index (χ3v) is 4.60. The second-order valence-corrected chi connectivity index (χ2v) is 7.34. The standard InChI is InChI=1S/C15H17N5O4S/c1-9(10-3-5-11(6-4-10)25(2,23)24)15(21)19-13-8-17-12(7-18-13)14(16)20-22/h3-9,22H,1-2H3,(H2,16,20)(H,18,19,21)/t9-/m1/s1. The van der Waals surface area contributed by atoms with Crippen molar-refractivity contribution in [3.63, 3.8) is 0 Å². The van der Waals surface area contributed by atoms with Crippen molar-refractivity contribution in [3.8, 4) is 0 Å². The van der Waals surface area contributed by atoms with Crippen LogP contribution in [-0.4, -0.2) is 41.6 Å². The first-order chi connectivity index (χ1) is 11.7. The van der Waals surface area contributed by atoms with E-state index in [1.165, 1.54) is 24.5 Å². The summed E-state index contributed by atoms with van der Waals surface area (Å²) in [6.07, 6.45) is 3.66. The summed E-state index contributed by atoms with van der Waals surface area (Å²) in [6.45, 7) is 1.68. The number of sulfone groups is 1. The number of nitrogens with zero attached hydrogens (tertiary/aromatic N) is 3. The van der Waals surface area contributed by atoms with Crippen LogP contribution in [0, 0.1) is 0 Å². The summed E-state index contributed by atoms with van der Waals surface area (Å²) in [5, 5.41) is 14.0. The van der Waals surface area contributed by atoms with E-state index in [9.17, 15) is 13.2 Å². The molecule has 25 heavy (non-hydrogen) atoms. The Morgan fingerprint density at radius 3 is 2.36 bits per heavy atom. The molecule has 4 N–H and O–H groups in total. The van der Waals surface area contributed by atoms with Crippen molar-refractivity contribution in [1.29, 1.82) is 0 Å². The molecule has 0 spiro atoms. The molecule has 0 aliphatic rings. The Balaban J connectivity index is 2.10. The van der Waals surface area contributed by atoms with Crippen molar-refractivity contribution < 1.29 is 18.4 Å². The first-order valence-electron chi connectivity index (χ1n) is 7.13. The van der Waals surface area contributed by atoms with Gasteiger partial charge in [-0.05, 0) is 24.6 Å². The van der Waals surface area contributed by atoms with Gasteiger partial charge < -0.3 is 16.3 Å². The van der Waals surface area contributed by atoms with Crippen LogP contribution in [0.15, 0.2) is 46.7 Å². The zero-order valence-corrected chi connectivity index (χ0v) is 14.4. The van der Waals surface area contributed by atoms with Gasteiger partial charge >= 0.3 is 0 Å². The van der Waals surface area contributed by atoms with Gasteiger partial charge in [0.2, 0.25) is 5.91 Å². The lowest BCUT2D eigenvalue weighted by atomic mass is 10.0. The third kappa shape index (κ3) is 4.51. The van der Waals surface area contributed by atoms with Crippen LogP contribution in [0.1, 0.15) is 24.1 Å². The fourth-order valence-electron chi connectivity index (χ4n) is 1.97. The summed E-state index contributed by atoms with van der Waals surface area (Å²) in [5.41, 5.74) is 6.21. The van der Waals surface area contributed by atoms with Crippen LogP contribution in [0.2, 0.25) is 0 Å². The molecule has 1 aromatic carbocycles. The summed E-state index contributed by atoms with van der Waals surface area (Å²) in [5.74, 6) is -0.846. The van der Waals surface area contributed by atoms with E-state index in [-0.39, 0.29) is 28.2 Å². The van der Waals surface area contributed by atoms with E-state index < -0.39 is 15.8 Å². The van der Waals surface area contributed by atoms with Crippen LogP contribution in [-0.2, 0) is 14.6 Å². The van der Waals surface area contributed by atoms with Gasteiger partial charge in [0.15, 0.2) is 21.5 Å². The first-order valence-corrected chi connectivity index (χ1v) is 9.02. The van der Waals surface area contributed by atoms with Crippen molar-refractivity contribution >= 4 is 27.4 Å². The van der Waals surface area contributed by atoms with Gasteiger partial charge in [-0.1, -0.05) is 17.3 Å². The Labute approximate surface area is 144 Å². The number of hydrogen-bond donors (Lipinski definition) is 3. The average molecular weight is 363 g/mol. The highest BCUT2D eigenvalue weighted by molar-refractivity contribution is 7.90. The molecule has 0 fully saturated rings. The molecule has 0 radical (unpaired) electrons. The number of hydrogen-bond acceptors (Lipinski definition) is 7. The number of nitrogens with two attached hydrogens (primary N) is 1. The van der Waals surface area contributed by atoms with Gasteiger partial charge in [0.1, 0.15) is 5.69 Å². The largest absolute Gasteiger partial charge is 0.409 e. The summed E-state index contributed by atoms with van der Waals surface area (Å²) in [7, 11) is -3.28. The number of anilines is 1. The molecule has 1 atom stereocenters. The predicted octanol–water partition coefficient (Wildman–Crippen LogP) is 0.717. The summed E-state index contributed by atoms with van der Waals surface area (Å²) >= 11 is 0. The lowest BCUT2D eigenvalue weighted by Gasteiger charge is -2.12. The van der Waals surface area contributed by atoms with Crippen molar-refractivity contribution in [3.05, 3.63) is 47.9 Å². The van der Waals surface area contributed by atoms with Crippen molar-refractivity contribution in [1.82, 2.24) is 9.97 Å². The molecule has 2 aromatic rings. The SMILES string of the molecule is C[C@@H](C(=O)Nc1cnc(C(N)=NO)cn1)c1ccc(S(C)(=O)=O)cc1. The Morgan fingerprint density at radius 1 is 1.24 bits per heavy atom. The normalized spacial score (nSPS) is 13.3. The van der Waals surface area contributed by atoms with E-state index >= 15 is 0 Å². The number of rotatable bonds is 5. The molecular weight excluding hydrogens is 346 g/mol. The molecule has 1 aromatic heterocycles. The maximum absolute atomic E-state index is 12.3. The van der Waals surface area contributed by atoms with E-state index in [1.54, 1.807) is 19.1 Å². The molecule has 132 valence electrons. The molecule has 0 saturated carbocycles. The van der Waals surface area contributed by atoms with E-state index in [4.69, 9.17) is 10.9 Å². The van der Waals surface area contributed by atoms with Gasteiger partial charge in [-0.3, -0.25) is 4.79 Å². The monoisotopic (exact) mass is 363 g/mol. The molecule has 2 rings (SSSR count). The van der Waals surface area contributed by atoms with Gasteiger partial charge in [-0.2, -0.15) is 0 Å². The number of aromatic nitrogens is 2. The molecule has 10 heteroatoms. The molecule has 0 unspecified atom stereocenters. The molecule has 0 aliphatic carbocycles. The molecule has 9 nitrogen and oxygen atoms in total. The molecule has 0 aliphatic heterocycles. The topological polar surface area (TPSA) is 148 Å². The van der Waals surface area contributed by atoms with Crippen molar-refractivity contribution in [2.45, 2.75) is 17.7 Å². The Hall–Kier alpha value is -3.01. The number of carbonyl (C=O) groups is 1. The third-order valence-electron chi connectivity index (χ3n) is 3.47. The molecule has 1 heterocycles. The van der Waals surface area contributed by atoms with Crippen LogP contribution < -0.4 is 11.1 Å². The fraction of sp³-hybridized carbons (Fsp3) is 0.200. The first kappa shape index (κ1) is 18.3. The number of oxime groups is 1. The van der Waals surface area contributed by atoms with Gasteiger partial charge in [0, 0.05) is 6.26 Å². The second kappa shape index (κ2) is 7.26. The van der Waals surface area contributed by atoms with Crippen LogP contribution in [0.4, 0.5) is 5.82 Å². The minimum atomic E-state index is -3.28. The molecular formula is C15H17N5O4S.